The summed E-state index contributed by atoms with van der Waals surface area (Å²) in [6, 6.07) is 1.31. The maximum atomic E-state index is 10.8. The maximum absolute atomic E-state index is 10.8. The molecule has 1 aromatic rings. The number of aromatic nitrogens is 1. The van der Waals surface area contributed by atoms with Gasteiger partial charge >= 0.3 is 0 Å². The molecule has 0 saturated carbocycles. The quantitative estimate of drug-likeness (QED) is 0.440. The number of halogens is 1. The van der Waals surface area contributed by atoms with Crippen molar-refractivity contribution in [2.24, 2.45) is 0 Å². The van der Waals surface area contributed by atoms with Gasteiger partial charge in [0.05, 0.1) is 10.6 Å². The molecular weight excluding hydrogens is 182 g/mol. The second-order valence-corrected chi connectivity index (χ2v) is 2.44. The number of amides is 1. The fraction of sp³-hybridized carbons (Fsp3) is 0. The Labute approximate surface area is 73.1 Å². The molecule has 0 spiro atoms. The minimum atomic E-state index is -0.676. The molecule has 0 saturated heterocycles. The van der Waals surface area contributed by atoms with Crippen molar-refractivity contribution in [3.05, 3.63) is 22.8 Å². The van der Waals surface area contributed by atoms with E-state index in [4.69, 9.17) is 22.5 Å². The van der Waals surface area contributed by atoms with Crippen molar-refractivity contribution in [1.82, 2.24) is 10.5 Å². The number of carbonyl (C=O) groups is 1. The molecule has 6 heteroatoms. The SMILES string of the molecule is Nc1ncc(C(=O)NO)cc1Cl. The van der Waals surface area contributed by atoms with Crippen molar-refractivity contribution in [2.75, 3.05) is 5.73 Å². The third kappa shape index (κ3) is 1.63. The number of hydroxylamine groups is 1. The lowest BCUT2D eigenvalue weighted by molar-refractivity contribution is 0.0706. The minimum Gasteiger partial charge on any atom is -0.382 e. The molecule has 5 nitrogen and oxygen atoms in total. The Morgan fingerprint density at radius 3 is 2.92 bits per heavy atom. The first-order valence-electron chi connectivity index (χ1n) is 3.00. The molecule has 0 atom stereocenters. The summed E-state index contributed by atoms with van der Waals surface area (Å²) in [7, 11) is 0. The third-order valence-corrected chi connectivity index (χ3v) is 1.54. The molecule has 0 aliphatic rings. The van der Waals surface area contributed by atoms with E-state index < -0.39 is 5.91 Å². The number of carbonyl (C=O) groups excluding carboxylic acids is 1. The van der Waals surface area contributed by atoms with Gasteiger partial charge in [0.1, 0.15) is 5.82 Å². The summed E-state index contributed by atoms with van der Waals surface area (Å²) in [4.78, 5) is 14.4. The van der Waals surface area contributed by atoms with Crippen LogP contribution >= 0.6 is 11.6 Å². The number of pyridine rings is 1. The highest BCUT2D eigenvalue weighted by Gasteiger charge is 2.06. The highest BCUT2D eigenvalue weighted by Crippen LogP contribution is 2.16. The fourth-order valence-electron chi connectivity index (χ4n) is 0.637. The zero-order valence-corrected chi connectivity index (χ0v) is 6.67. The van der Waals surface area contributed by atoms with Gasteiger partial charge in [-0.25, -0.2) is 10.5 Å². The summed E-state index contributed by atoms with van der Waals surface area (Å²) in [5.74, 6) is -0.532. The van der Waals surface area contributed by atoms with Gasteiger partial charge in [-0.3, -0.25) is 10.0 Å². The number of hydrogen-bond acceptors (Lipinski definition) is 4. The molecule has 0 aromatic carbocycles. The van der Waals surface area contributed by atoms with Crippen molar-refractivity contribution in [3.63, 3.8) is 0 Å². The average Bonchev–Trinajstić information content (AvgIpc) is 2.08. The zero-order chi connectivity index (χ0) is 9.14. The Morgan fingerprint density at radius 2 is 2.42 bits per heavy atom. The topological polar surface area (TPSA) is 88.2 Å². The van der Waals surface area contributed by atoms with Crippen molar-refractivity contribution in [1.29, 1.82) is 0 Å². The first kappa shape index (κ1) is 8.76. The number of hydrogen-bond donors (Lipinski definition) is 3. The monoisotopic (exact) mass is 187 g/mol. The predicted octanol–water partition coefficient (Wildman–Crippen LogP) is 0.436. The Kier molecular flexibility index (Phi) is 2.47. The zero-order valence-electron chi connectivity index (χ0n) is 5.91. The molecule has 12 heavy (non-hydrogen) atoms. The summed E-state index contributed by atoms with van der Waals surface area (Å²) in [6.07, 6.45) is 1.22. The van der Waals surface area contributed by atoms with E-state index in [1.54, 1.807) is 0 Å². The summed E-state index contributed by atoms with van der Waals surface area (Å²) in [5, 5.41) is 8.42. The van der Waals surface area contributed by atoms with Crippen molar-refractivity contribution in [3.8, 4) is 0 Å². The largest absolute Gasteiger partial charge is 0.382 e. The summed E-state index contributed by atoms with van der Waals surface area (Å²) < 4.78 is 0. The van der Waals surface area contributed by atoms with Gasteiger partial charge < -0.3 is 5.73 Å². The first-order valence-corrected chi connectivity index (χ1v) is 3.38. The molecule has 1 rings (SSSR count). The molecular formula is C6H6ClN3O2. The normalized spacial score (nSPS) is 9.50. The molecule has 1 heterocycles. The van der Waals surface area contributed by atoms with Crippen LogP contribution in [-0.4, -0.2) is 16.1 Å². The van der Waals surface area contributed by atoms with E-state index in [2.05, 4.69) is 4.98 Å². The second kappa shape index (κ2) is 3.38. The lowest BCUT2D eigenvalue weighted by Crippen LogP contribution is -2.18. The fourth-order valence-corrected chi connectivity index (χ4v) is 0.804. The lowest BCUT2D eigenvalue weighted by Gasteiger charge is -1.99. The van der Waals surface area contributed by atoms with E-state index in [1.807, 2.05) is 0 Å². The predicted molar refractivity (Wildman–Crippen MR) is 42.9 cm³/mol. The van der Waals surface area contributed by atoms with Gasteiger partial charge in [-0.2, -0.15) is 0 Å². The number of rotatable bonds is 1. The van der Waals surface area contributed by atoms with Crippen LogP contribution in [0.5, 0.6) is 0 Å². The molecule has 0 radical (unpaired) electrons. The van der Waals surface area contributed by atoms with Crippen LogP contribution in [0.3, 0.4) is 0 Å². The van der Waals surface area contributed by atoms with Crippen LogP contribution in [0.1, 0.15) is 10.4 Å². The number of nitrogens with one attached hydrogen (secondary N) is 1. The molecule has 0 aliphatic heterocycles. The van der Waals surface area contributed by atoms with Crippen LogP contribution in [0.4, 0.5) is 5.82 Å². The van der Waals surface area contributed by atoms with Crippen molar-refractivity contribution < 1.29 is 10.0 Å². The molecule has 0 aliphatic carbocycles. The standard InChI is InChI=1S/C6H6ClN3O2/c7-4-1-3(6(11)10-12)2-9-5(4)8/h1-2,12H,(H2,8,9)(H,10,11). The molecule has 0 unspecified atom stereocenters. The van der Waals surface area contributed by atoms with Crippen molar-refractivity contribution in [2.45, 2.75) is 0 Å². The van der Waals surface area contributed by atoms with Gasteiger partial charge in [-0.05, 0) is 6.07 Å². The Morgan fingerprint density at radius 1 is 1.75 bits per heavy atom. The second-order valence-electron chi connectivity index (χ2n) is 2.03. The Balaban J connectivity index is 3.05. The Bertz CT molecular complexity index is 316. The van der Waals surface area contributed by atoms with Gasteiger partial charge in [0.2, 0.25) is 0 Å². The number of anilines is 1. The molecule has 1 amide bonds. The smallest absolute Gasteiger partial charge is 0.276 e. The molecule has 0 bridgehead atoms. The molecule has 0 fully saturated rings. The van der Waals surface area contributed by atoms with E-state index in [9.17, 15) is 4.79 Å². The van der Waals surface area contributed by atoms with E-state index in [1.165, 1.54) is 17.7 Å². The third-order valence-electron chi connectivity index (χ3n) is 1.23. The minimum absolute atomic E-state index is 0.145. The summed E-state index contributed by atoms with van der Waals surface area (Å²) in [6.45, 7) is 0. The van der Waals surface area contributed by atoms with E-state index in [-0.39, 0.29) is 16.4 Å². The van der Waals surface area contributed by atoms with E-state index in [0.29, 0.717) is 0 Å². The molecule has 64 valence electrons. The highest BCUT2D eigenvalue weighted by atomic mass is 35.5. The van der Waals surface area contributed by atoms with Gasteiger partial charge in [-0.1, -0.05) is 11.6 Å². The maximum Gasteiger partial charge on any atom is 0.276 e. The van der Waals surface area contributed by atoms with Crippen LogP contribution in [0.15, 0.2) is 12.3 Å². The number of nitrogens with two attached hydrogens (primary N) is 1. The molecule has 1 aromatic heterocycles. The van der Waals surface area contributed by atoms with Crippen molar-refractivity contribution >= 4 is 23.3 Å². The highest BCUT2D eigenvalue weighted by molar-refractivity contribution is 6.33. The van der Waals surface area contributed by atoms with Gasteiger partial charge in [0.25, 0.3) is 5.91 Å². The molecule has 4 N–H and O–H groups in total. The Hall–Kier alpha value is -1.33. The first-order chi connectivity index (χ1) is 5.65. The van der Waals surface area contributed by atoms with E-state index >= 15 is 0 Å². The van der Waals surface area contributed by atoms with Crippen LogP contribution < -0.4 is 11.2 Å². The van der Waals surface area contributed by atoms with Crippen LogP contribution in [0.2, 0.25) is 5.02 Å². The van der Waals surface area contributed by atoms with Crippen LogP contribution in [0, 0.1) is 0 Å². The average molecular weight is 188 g/mol. The van der Waals surface area contributed by atoms with E-state index in [0.717, 1.165) is 0 Å². The summed E-state index contributed by atoms with van der Waals surface area (Å²) in [5.41, 5.74) is 6.89. The number of nitrogens with zero attached hydrogens (tertiary/aromatic N) is 1. The number of nitrogen functional groups attached to an aromatic ring is 1. The summed E-state index contributed by atoms with van der Waals surface area (Å²) >= 11 is 5.57. The van der Waals surface area contributed by atoms with Gasteiger partial charge in [0.15, 0.2) is 0 Å². The van der Waals surface area contributed by atoms with Crippen LogP contribution in [0.25, 0.3) is 0 Å². The van der Waals surface area contributed by atoms with Crippen LogP contribution in [-0.2, 0) is 0 Å². The lowest BCUT2D eigenvalue weighted by atomic mass is 10.3. The van der Waals surface area contributed by atoms with Gasteiger partial charge in [0, 0.05) is 6.20 Å². The van der Waals surface area contributed by atoms with Gasteiger partial charge in [-0.15, -0.1) is 0 Å².